The zero-order chi connectivity index (χ0) is 24.9. The van der Waals surface area contributed by atoms with Gasteiger partial charge in [0.15, 0.2) is 5.75 Å². The van der Waals surface area contributed by atoms with E-state index in [0.717, 1.165) is 12.1 Å². The van der Waals surface area contributed by atoms with Crippen molar-refractivity contribution in [2.45, 2.75) is 20.1 Å². The third-order valence-corrected chi connectivity index (χ3v) is 6.03. The molecule has 4 rings (SSSR count). The molecule has 0 saturated carbocycles. The molecule has 1 fully saturated rings. The van der Waals surface area contributed by atoms with Crippen molar-refractivity contribution in [3.05, 3.63) is 76.0 Å². The number of benzene rings is 2. The van der Waals surface area contributed by atoms with E-state index >= 15 is 0 Å². The molecule has 0 radical (unpaired) electrons. The van der Waals surface area contributed by atoms with Gasteiger partial charge in [0.05, 0.1) is 35.6 Å². The van der Waals surface area contributed by atoms with Crippen LogP contribution in [0.5, 0.6) is 5.75 Å². The van der Waals surface area contributed by atoms with E-state index in [4.69, 9.17) is 14.5 Å². The number of morpholine rings is 1. The number of hydrogen-bond donors (Lipinski definition) is 1. The number of ether oxygens (including phenoxy) is 2. The summed E-state index contributed by atoms with van der Waals surface area (Å²) in [6.07, 6.45) is -0.410. The SMILES string of the molecule is CCN(C(=O)c1c(-c2ccc(OC)c([N+](=O)[O-])c2)cc(-c2ccccc2)nc1C)C1CNCCO1. The lowest BCUT2D eigenvalue weighted by Gasteiger charge is -2.34. The van der Waals surface area contributed by atoms with E-state index in [1.54, 1.807) is 24.0 Å². The highest BCUT2D eigenvalue weighted by molar-refractivity contribution is 6.03. The summed E-state index contributed by atoms with van der Waals surface area (Å²) >= 11 is 0. The van der Waals surface area contributed by atoms with Gasteiger partial charge in [0, 0.05) is 31.3 Å². The Balaban J connectivity index is 1.90. The van der Waals surface area contributed by atoms with Crippen molar-refractivity contribution in [3.63, 3.8) is 0 Å². The molecule has 2 heterocycles. The second-order valence-corrected chi connectivity index (χ2v) is 8.15. The molecule has 9 nitrogen and oxygen atoms in total. The second-order valence-electron chi connectivity index (χ2n) is 8.15. The van der Waals surface area contributed by atoms with E-state index in [2.05, 4.69) is 5.32 Å². The number of nitro benzene ring substituents is 1. The Kier molecular flexibility index (Phi) is 7.38. The maximum absolute atomic E-state index is 13.9. The molecule has 1 N–H and O–H groups in total. The fourth-order valence-corrected chi connectivity index (χ4v) is 4.30. The minimum absolute atomic E-state index is 0.151. The van der Waals surface area contributed by atoms with Gasteiger partial charge < -0.3 is 19.7 Å². The molecule has 182 valence electrons. The number of amides is 1. The van der Waals surface area contributed by atoms with Gasteiger partial charge in [-0.1, -0.05) is 36.4 Å². The average Bonchev–Trinajstić information content (AvgIpc) is 2.89. The summed E-state index contributed by atoms with van der Waals surface area (Å²) in [4.78, 5) is 31.5. The first-order chi connectivity index (χ1) is 16.9. The van der Waals surface area contributed by atoms with Crippen molar-refractivity contribution in [2.24, 2.45) is 0 Å². The van der Waals surface area contributed by atoms with Gasteiger partial charge in [0.2, 0.25) is 0 Å². The molecule has 1 saturated heterocycles. The topological polar surface area (TPSA) is 107 Å². The Morgan fingerprint density at radius 2 is 2.00 bits per heavy atom. The van der Waals surface area contributed by atoms with Gasteiger partial charge in [0.1, 0.15) is 6.23 Å². The number of carbonyl (C=O) groups is 1. The lowest BCUT2D eigenvalue weighted by molar-refractivity contribution is -0.385. The Hall–Kier alpha value is -3.82. The minimum atomic E-state index is -0.490. The molecule has 3 aromatic rings. The van der Waals surface area contributed by atoms with Crippen molar-refractivity contribution in [2.75, 3.05) is 33.4 Å². The van der Waals surface area contributed by atoms with Crippen LogP contribution in [0.15, 0.2) is 54.6 Å². The van der Waals surface area contributed by atoms with Crippen LogP contribution in [-0.4, -0.2) is 60.3 Å². The van der Waals surface area contributed by atoms with Crippen LogP contribution in [0.2, 0.25) is 0 Å². The van der Waals surface area contributed by atoms with Gasteiger partial charge in [-0.25, -0.2) is 0 Å². The molecule has 1 aliphatic heterocycles. The van der Waals surface area contributed by atoms with Crippen molar-refractivity contribution in [1.29, 1.82) is 0 Å². The molecular weight excluding hydrogens is 448 g/mol. The third-order valence-electron chi connectivity index (χ3n) is 6.03. The Morgan fingerprint density at radius 3 is 2.63 bits per heavy atom. The van der Waals surface area contributed by atoms with Gasteiger partial charge in [-0.05, 0) is 37.1 Å². The summed E-state index contributed by atoms with van der Waals surface area (Å²) < 4.78 is 11.0. The number of pyridine rings is 1. The van der Waals surface area contributed by atoms with Crippen LogP contribution in [-0.2, 0) is 4.74 Å². The number of nitrogens with zero attached hydrogens (tertiary/aromatic N) is 3. The lowest BCUT2D eigenvalue weighted by Crippen LogP contribution is -2.51. The number of aromatic nitrogens is 1. The lowest BCUT2D eigenvalue weighted by atomic mass is 9.95. The first-order valence-corrected chi connectivity index (χ1v) is 11.5. The van der Waals surface area contributed by atoms with Gasteiger partial charge in [0.25, 0.3) is 5.91 Å². The zero-order valence-corrected chi connectivity index (χ0v) is 20.0. The minimum Gasteiger partial charge on any atom is -0.490 e. The van der Waals surface area contributed by atoms with Crippen molar-refractivity contribution >= 4 is 11.6 Å². The third kappa shape index (κ3) is 5.01. The van der Waals surface area contributed by atoms with E-state index in [-0.39, 0.29) is 17.3 Å². The molecular formula is C26H28N4O5. The molecule has 1 unspecified atom stereocenters. The Morgan fingerprint density at radius 1 is 1.23 bits per heavy atom. The number of nitrogens with one attached hydrogen (secondary N) is 1. The second kappa shape index (κ2) is 10.6. The van der Waals surface area contributed by atoms with Crippen molar-refractivity contribution in [3.8, 4) is 28.1 Å². The summed E-state index contributed by atoms with van der Waals surface area (Å²) in [5.41, 5.74) is 3.40. The Bertz CT molecular complexity index is 1230. The van der Waals surface area contributed by atoms with Crippen LogP contribution in [0.3, 0.4) is 0 Å². The Labute approximate surface area is 203 Å². The van der Waals surface area contributed by atoms with Crippen molar-refractivity contribution < 1.29 is 19.2 Å². The first kappa shape index (κ1) is 24.3. The predicted octanol–water partition coefficient (Wildman–Crippen LogP) is 4.05. The molecule has 35 heavy (non-hydrogen) atoms. The summed E-state index contributed by atoms with van der Waals surface area (Å²) in [6.45, 7) is 5.89. The van der Waals surface area contributed by atoms with Gasteiger partial charge in [-0.2, -0.15) is 0 Å². The van der Waals surface area contributed by atoms with Crippen molar-refractivity contribution in [1.82, 2.24) is 15.2 Å². The van der Waals surface area contributed by atoms with Crippen LogP contribution < -0.4 is 10.1 Å². The molecule has 1 amide bonds. The normalized spacial score (nSPS) is 15.5. The highest BCUT2D eigenvalue weighted by atomic mass is 16.6. The molecule has 1 atom stereocenters. The van der Waals surface area contributed by atoms with Gasteiger partial charge in [-0.15, -0.1) is 0 Å². The van der Waals surface area contributed by atoms with Gasteiger partial charge in [-0.3, -0.25) is 19.9 Å². The fraction of sp³-hybridized carbons (Fsp3) is 0.308. The van der Waals surface area contributed by atoms with E-state index in [1.165, 1.54) is 13.2 Å². The first-order valence-electron chi connectivity index (χ1n) is 11.5. The standard InChI is InChI=1S/C26H28N4O5/c1-4-29(24-16-27-12-13-35-24)26(31)25-17(2)28-21(18-8-6-5-7-9-18)15-20(25)19-10-11-23(34-3)22(14-19)30(32)33/h5-11,14-15,24,27H,4,12-13,16H2,1-3H3. The number of methoxy groups -OCH3 is 1. The average molecular weight is 477 g/mol. The predicted molar refractivity (Wildman–Crippen MR) is 132 cm³/mol. The summed E-state index contributed by atoms with van der Waals surface area (Å²) in [5, 5.41) is 15.0. The molecule has 1 aromatic heterocycles. The van der Waals surface area contributed by atoms with Crippen LogP contribution in [0, 0.1) is 17.0 Å². The number of carbonyl (C=O) groups excluding carboxylic acids is 1. The maximum atomic E-state index is 13.9. The van der Waals surface area contributed by atoms with E-state index < -0.39 is 11.2 Å². The van der Waals surface area contributed by atoms with Crippen LogP contribution in [0.4, 0.5) is 5.69 Å². The van der Waals surface area contributed by atoms with E-state index in [0.29, 0.717) is 47.8 Å². The number of nitro groups is 1. The summed E-state index contributed by atoms with van der Waals surface area (Å²) in [6, 6.07) is 16.1. The van der Waals surface area contributed by atoms with Crippen LogP contribution in [0.25, 0.3) is 22.4 Å². The molecule has 0 bridgehead atoms. The zero-order valence-electron chi connectivity index (χ0n) is 20.0. The number of likely N-dealkylation sites (N-methyl/N-ethyl adjacent to an activating group) is 1. The molecule has 1 aliphatic rings. The summed E-state index contributed by atoms with van der Waals surface area (Å²) in [7, 11) is 1.39. The van der Waals surface area contributed by atoms with E-state index in [1.807, 2.05) is 43.3 Å². The monoisotopic (exact) mass is 476 g/mol. The highest BCUT2D eigenvalue weighted by Gasteiger charge is 2.30. The molecule has 9 heteroatoms. The molecule has 0 aliphatic carbocycles. The van der Waals surface area contributed by atoms with E-state index in [9.17, 15) is 14.9 Å². The van der Waals surface area contributed by atoms with Crippen LogP contribution >= 0.6 is 0 Å². The fourth-order valence-electron chi connectivity index (χ4n) is 4.30. The number of hydrogen-bond acceptors (Lipinski definition) is 7. The highest BCUT2D eigenvalue weighted by Crippen LogP contribution is 2.36. The number of aryl methyl sites for hydroxylation is 1. The smallest absolute Gasteiger partial charge is 0.311 e. The van der Waals surface area contributed by atoms with Gasteiger partial charge >= 0.3 is 5.69 Å². The molecule has 2 aromatic carbocycles. The maximum Gasteiger partial charge on any atom is 0.311 e. The molecule has 0 spiro atoms. The summed E-state index contributed by atoms with van der Waals surface area (Å²) in [5.74, 6) is -0.0863. The largest absolute Gasteiger partial charge is 0.490 e. The van der Waals surface area contributed by atoms with Crippen LogP contribution in [0.1, 0.15) is 23.0 Å². The number of rotatable bonds is 7. The quantitative estimate of drug-likeness (QED) is 0.405.